The van der Waals surface area contributed by atoms with E-state index >= 15 is 0 Å². The number of nitrogens with zero attached hydrogens (tertiary/aromatic N) is 3. The van der Waals surface area contributed by atoms with Crippen LogP contribution in [-0.4, -0.2) is 34.6 Å². The number of anilines is 1. The number of hydrogen-bond donors (Lipinski definition) is 1. The standard InChI is InChI=1S/C21H24N4O3/c1-5-18(19-23-17-9-7-6-8-16(17)20(26)25(19)3)24(2)21(27)22-14-10-12-15(28-4)13-11-14/h6-13,18H,5H2,1-4H3,(H,22,27). The van der Waals surface area contributed by atoms with Crippen molar-refractivity contribution in [3.63, 3.8) is 0 Å². The molecule has 0 spiro atoms. The minimum absolute atomic E-state index is 0.122. The van der Waals surface area contributed by atoms with E-state index in [0.29, 0.717) is 34.6 Å². The zero-order valence-corrected chi connectivity index (χ0v) is 16.5. The topological polar surface area (TPSA) is 76.5 Å². The molecule has 1 atom stereocenters. The number of rotatable bonds is 5. The van der Waals surface area contributed by atoms with Crippen LogP contribution in [0.5, 0.6) is 5.75 Å². The summed E-state index contributed by atoms with van der Waals surface area (Å²) in [4.78, 5) is 31.7. The third-order valence-corrected chi connectivity index (χ3v) is 4.83. The summed E-state index contributed by atoms with van der Waals surface area (Å²) in [6.07, 6.45) is 0.616. The Kier molecular flexibility index (Phi) is 5.63. The molecule has 0 fully saturated rings. The lowest BCUT2D eigenvalue weighted by Crippen LogP contribution is -2.38. The molecule has 0 radical (unpaired) electrons. The summed E-state index contributed by atoms with van der Waals surface area (Å²) in [5, 5.41) is 3.43. The van der Waals surface area contributed by atoms with Crippen molar-refractivity contribution < 1.29 is 9.53 Å². The van der Waals surface area contributed by atoms with Crippen LogP contribution in [0.4, 0.5) is 10.5 Å². The number of benzene rings is 2. The quantitative estimate of drug-likeness (QED) is 0.734. The second-order valence-electron chi connectivity index (χ2n) is 6.54. The summed E-state index contributed by atoms with van der Waals surface area (Å²) >= 11 is 0. The highest BCUT2D eigenvalue weighted by atomic mass is 16.5. The molecule has 0 aliphatic rings. The zero-order valence-electron chi connectivity index (χ0n) is 16.5. The van der Waals surface area contributed by atoms with Gasteiger partial charge in [-0.05, 0) is 42.8 Å². The molecule has 3 rings (SSSR count). The number of ether oxygens (including phenoxy) is 1. The minimum Gasteiger partial charge on any atom is -0.497 e. The third kappa shape index (κ3) is 3.69. The first-order valence-electron chi connectivity index (χ1n) is 9.09. The number of para-hydroxylation sites is 1. The summed E-state index contributed by atoms with van der Waals surface area (Å²) in [6.45, 7) is 1.96. The molecule has 1 heterocycles. The van der Waals surface area contributed by atoms with Crippen molar-refractivity contribution in [3.05, 3.63) is 64.7 Å². The SMILES string of the molecule is CCC(c1nc2ccccc2c(=O)n1C)N(C)C(=O)Nc1ccc(OC)cc1. The van der Waals surface area contributed by atoms with E-state index in [-0.39, 0.29) is 17.6 Å². The number of hydrogen-bond acceptors (Lipinski definition) is 4. The molecule has 3 aromatic rings. The van der Waals surface area contributed by atoms with Crippen LogP contribution in [0, 0.1) is 0 Å². The largest absolute Gasteiger partial charge is 0.497 e. The molecule has 7 nitrogen and oxygen atoms in total. The molecule has 1 unspecified atom stereocenters. The van der Waals surface area contributed by atoms with Gasteiger partial charge in [-0.25, -0.2) is 9.78 Å². The Balaban J connectivity index is 1.89. The van der Waals surface area contributed by atoms with Gasteiger partial charge in [0.15, 0.2) is 0 Å². The van der Waals surface area contributed by atoms with E-state index in [0.717, 1.165) is 0 Å². The van der Waals surface area contributed by atoms with Gasteiger partial charge < -0.3 is 15.0 Å². The van der Waals surface area contributed by atoms with E-state index < -0.39 is 0 Å². The number of methoxy groups -OCH3 is 1. The number of aromatic nitrogens is 2. The van der Waals surface area contributed by atoms with E-state index in [2.05, 4.69) is 10.3 Å². The Hall–Kier alpha value is -3.35. The average Bonchev–Trinajstić information content (AvgIpc) is 2.72. The monoisotopic (exact) mass is 380 g/mol. The van der Waals surface area contributed by atoms with E-state index in [1.165, 1.54) is 4.57 Å². The highest BCUT2D eigenvalue weighted by Gasteiger charge is 2.24. The fourth-order valence-electron chi connectivity index (χ4n) is 3.19. The van der Waals surface area contributed by atoms with E-state index in [9.17, 15) is 9.59 Å². The van der Waals surface area contributed by atoms with E-state index in [4.69, 9.17) is 4.74 Å². The van der Waals surface area contributed by atoms with Crippen molar-refractivity contribution in [2.75, 3.05) is 19.5 Å². The van der Waals surface area contributed by atoms with Gasteiger partial charge in [0, 0.05) is 19.8 Å². The number of urea groups is 1. The van der Waals surface area contributed by atoms with Crippen molar-refractivity contribution >= 4 is 22.6 Å². The first-order chi connectivity index (χ1) is 13.5. The summed E-state index contributed by atoms with van der Waals surface area (Å²) in [6, 6.07) is 13.7. The van der Waals surface area contributed by atoms with Crippen molar-refractivity contribution in [3.8, 4) is 5.75 Å². The van der Waals surface area contributed by atoms with Crippen LogP contribution in [0.3, 0.4) is 0 Å². The molecule has 0 saturated carbocycles. The molecule has 0 aliphatic carbocycles. The highest BCUT2D eigenvalue weighted by molar-refractivity contribution is 5.89. The van der Waals surface area contributed by atoms with Gasteiger partial charge in [-0.2, -0.15) is 0 Å². The first-order valence-corrected chi connectivity index (χ1v) is 9.09. The van der Waals surface area contributed by atoms with E-state index in [1.54, 1.807) is 56.4 Å². The maximum atomic E-state index is 12.8. The summed E-state index contributed by atoms with van der Waals surface area (Å²) < 4.78 is 6.65. The molecular weight excluding hydrogens is 356 g/mol. The molecule has 2 aromatic carbocycles. The first kappa shape index (κ1) is 19.4. The predicted octanol–water partition coefficient (Wildman–Crippen LogP) is 3.56. The lowest BCUT2D eigenvalue weighted by Gasteiger charge is -2.28. The smallest absolute Gasteiger partial charge is 0.322 e. The van der Waals surface area contributed by atoms with Gasteiger partial charge in [0.2, 0.25) is 0 Å². The van der Waals surface area contributed by atoms with Crippen LogP contribution in [0.25, 0.3) is 10.9 Å². The van der Waals surface area contributed by atoms with Gasteiger partial charge in [-0.1, -0.05) is 19.1 Å². The lowest BCUT2D eigenvalue weighted by atomic mass is 10.1. The molecule has 146 valence electrons. The van der Waals surface area contributed by atoms with Gasteiger partial charge in [0.05, 0.1) is 24.1 Å². The van der Waals surface area contributed by atoms with Gasteiger partial charge in [0.25, 0.3) is 5.56 Å². The van der Waals surface area contributed by atoms with Gasteiger partial charge in [0.1, 0.15) is 11.6 Å². The van der Waals surface area contributed by atoms with Crippen molar-refractivity contribution in [1.82, 2.24) is 14.5 Å². The molecule has 0 bridgehead atoms. The van der Waals surface area contributed by atoms with Crippen molar-refractivity contribution in [1.29, 1.82) is 0 Å². The number of carbonyl (C=O) groups is 1. The Labute approximate surface area is 163 Å². The molecule has 0 saturated heterocycles. The van der Waals surface area contributed by atoms with Crippen molar-refractivity contribution in [2.24, 2.45) is 7.05 Å². The van der Waals surface area contributed by atoms with Crippen LogP contribution in [0.15, 0.2) is 53.3 Å². The van der Waals surface area contributed by atoms with Crippen molar-refractivity contribution in [2.45, 2.75) is 19.4 Å². The third-order valence-electron chi connectivity index (χ3n) is 4.83. The molecule has 1 aromatic heterocycles. The summed E-state index contributed by atoms with van der Waals surface area (Å²) in [5.41, 5.74) is 1.17. The van der Waals surface area contributed by atoms with Crippen LogP contribution >= 0.6 is 0 Å². The van der Waals surface area contributed by atoms with Crippen LogP contribution in [0.1, 0.15) is 25.2 Å². The maximum Gasteiger partial charge on any atom is 0.322 e. The normalized spacial score (nSPS) is 11.9. The van der Waals surface area contributed by atoms with E-state index in [1.807, 2.05) is 25.1 Å². The second-order valence-corrected chi connectivity index (χ2v) is 6.54. The minimum atomic E-state index is -0.347. The Morgan fingerprint density at radius 1 is 1.21 bits per heavy atom. The Morgan fingerprint density at radius 2 is 1.89 bits per heavy atom. The zero-order chi connectivity index (χ0) is 20.3. The molecule has 7 heteroatoms. The molecule has 0 aliphatic heterocycles. The Morgan fingerprint density at radius 3 is 2.54 bits per heavy atom. The van der Waals surface area contributed by atoms with Crippen LogP contribution in [0.2, 0.25) is 0 Å². The molecule has 1 N–H and O–H groups in total. The Bertz CT molecular complexity index is 1040. The molecular formula is C21H24N4O3. The summed E-state index contributed by atoms with van der Waals surface area (Å²) in [5.74, 6) is 1.27. The number of fused-ring (bicyclic) bond motifs is 1. The van der Waals surface area contributed by atoms with Gasteiger partial charge in [-0.3, -0.25) is 9.36 Å². The number of amides is 2. The number of carbonyl (C=O) groups excluding carboxylic acids is 1. The predicted molar refractivity (Wildman–Crippen MR) is 110 cm³/mol. The number of nitrogens with one attached hydrogen (secondary N) is 1. The average molecular weight is 380 g/mol. The fourth-order valence-corrected chi connectivity index (χ4v) is 3.19. The van der Waals surface area contributed by atoms with Crippen LogP contribution < -0.4 is 15.6 Å². The highest BCUT2D eigenvalue weighted by Crippen LogP contribution is 2.23. The maximum absolute atomic E-state index is 12.8. The fraction of sp³-hybridized carbons (Fsp3) is 0.286. The van der Waals surface area contributed by atoms with Gasteiger partial charge in [-0.15, -0.1) is 0 Å². The van der Waals surface area contributed by atoms with Crippen LogP contribution in [-0.2, 0) is 7.05 Å². The summed E-state index contributed by atoms with van der Waals surface area (Å²) in [7, 11) is 4.98. The lowest BCUT2D eigenvalue weighted by molar-refractivity contribution is 0.198. The second kappa shape index (κ2) is 8.12. The molecule has 2 amide bonds. The molecule has 28 heavy (non-hydrogen) atoms. The van der Waals surface area contributed by atoms with Gasteiger partial charge >= 0.3 is 6.03 Å².